The topological polar surface area (TPSA) is 41.1 Å². The number of amides is 1. The molecule has 3 nitrogen and oxygen atoms in total. The fourth-order valence-electron chi connectivity index (χ4n) is 2.07. The Labute approximate surface area is 117 Å². The largest absolute Gasteiger partial charge is 0.322 e. The third-order valence-corrected chi connectivity index (χ3v) is 4.48. The molecule has 0 aliphatic carbocycles. The first-order chi connectivity index (χ1) is 9.25. The highest BCUT2D eigenvalue weighted by Crippen LogP contribution is 2.24. The van der Waals surface area contributed by atoms with Gasteiger partial charge in [0, 0.05) is 11.8 Å². The van der Waals surface area contributed by atoms with Gasteiger partial charge in [-0.15, -0.1) is 0 Å². The van der Waals surface area contributed by atoms with E-state index < -0.39 is 5.82 Å². The van der Waals surface area contributed by atoms with Crippen LogP contribution in [0.5, 0.6) is 0 Å². The number of para-hydroxylation sites is 1. The number of hydrogen-bond donors (Lipinski definition) is 2. The number of carbonyl (C=O) groups excluding carboxylic acids is 1. The van der Waals surface area contributed by atoms with E-state index >= 15 is 0 Å². The van der Waals surface area contributed by atoms with Crippen LogP contribution in [-0.4, -0.2) is 30.0 Å². The third-order valence-electron chi connectivity index (χ3n) is 3.08. The predicted molar refractivity (Wildman–Crippen MR) is 78.0 cm³/mol. The molecule has 1 heterocycles. The molecule has 5 heteroatoms. The summed E-state index contributed by atoms with van der Waals surface area (Å²) in [7, 11) is 0. The summed E-state index contributed by atoms with van der Waals surface area (Å²) in [6, 6.07) is 6.19. The van der Waals surface area contributed by atoms with Crippen molar-refractivity contribution in [2.45, 2.75) is 24.5 Å². The normalized spacial score (nSPS) is 19.1. The Morgan fingerprint density at radius 3 is 2.95 bits per heavy atom. The zero-order valence-electron chi connectivity index (χ0n) is 10.8. The van der Waals surface area contributed by atoms with E-state index in [0.29, 0.717) is 5.25 Å². The van der Waals surface area contributed by atoms with Crippen LogP contribution in [-0.2, 0) is 4.79 Å². The molecule has 2 N–H and O–H groups in total. The van der Waals surface area contributed by atoms with E-state index in [4.69, 9.17) is 0 Å². The highest BCUT2D eigenvalue weighted by molar-refractivity contribution is 7.99. The number of benzene rings is 1. The molecule has 1 aromatic carbocycles. The molecule has 0 bridgehead atoms. The van der Waals surface area contributed by atoms with Crippen molar-refractivity contribution in [3.63, 3.8) is 0 Å². The number of anilines is 1. The van der Waals surface area contributed by atoms with Gasteiger partial charge in [0.15, 0.2) is 0 Å². The molecule has 1 aliphatic rings. The fraction of sp³-hybridized carbons (Fsp3) is 0.500. The number of thioether (sulfide) groups is 1. The second kappa shape index (κ2) is 7.50. The van der Waals surface area contributed by atoms with Gasteiger partial charge in [0.25, 0.3) is 0 Å². The van der Waals surface area contributed by atoms with Gasteiger partial charge >= 0.3 is 0 Å². The second-order valence-electron chi connectivity index (χ2n) is 4.65. The van der Waals surface area contributed by atoms with Gasteiger partial charge in [0.05, 0.1) is 12.2 Å². The molecule has 1 atom stereocenters. The van der Waals surface area contributed by atoms with Gasteiger partial charge in [-0.25, -0.2) is 4.39 Å². The Morgan fingerprint density at radius 2 is 2.21 bits per heavy atom. The maximum absolute atomic E-state index is 13.3. The van der Waals surface area contributed by atoms with Crippen molar-refractivity contribution in [3.05, 3.63) is 30.1 Å². The molecule has 0 radical (unpaired) electrons. The van der Waals surface area contributed by atoms with Crippen LogP contribution in [0, 0.1) is 5.82 Å². The average Bonchev–Trinajstić information content (AvgIpc) is 2.43. The van der Waals surface area contributed by atoms with E-state index in [1.807, 2.05) is 11.8 Å². The summed E-state index contributed by atoms with van der Waals surface area (Å²) in [5, 5.41) is 6.31. The molecule has 0 saturated carbocycles. The maximum Gasteiger partial charge on any atom is 0.238 e. The molecule has 0 aromatic heterocycles. The van der Waals surface area contributed by atoms with Crippen molar-refractivity contribution in [3.8, 4) is 0 Å². The summed E-state index contributed by atoms with van der Waals surface area (Å²) in [5.74, 6) is 0.609. The molecule has 1 unspecified atom stereocenters. The number of carbonyl (C=O) groups is 1. The molecule has 19 heavy (non-hydrogen) atoms. The van der Waals surface area contributed by atoms with Crippen LogP contribution in [0.4, 0.5) is 10.1 Å². The SMILES string of the molecule is O=C(CNCC1CCCCS1)Nc1ccccc1F. The van der Waals surface area contributed by atoms with Crippen LogP contribution in [0.25, 0.3) is 0 Å². The Kier molecular flexibility index (Phi) is 5.66. The Morgan fingerprint density at radius 1 is 1.37 bits per heavy atom. The first-order valence-corrected chi connectivity index (χ1v) is 7.67. The summed E-state index contributed by atoms with van der Waals surface area (Å²) in [6.45, 7) is 1.07. The lowest BCUT2D eigenvalue weighted by molar-refractivity contribution is -0.115. The van der Waals surface area contributed by atoms with Crippen molar-refractivity contribution >= 4 is 23.4 Å². The molecule has 2 rings (SSSR count). The zero-order valence-corrected chi connectivity index (χ0v) is 11.6. The Balaban J connectivity index is 1.68. The lowest BCUT2D eigenvalue weighted by Crippen LogP contribution is -2.33. The summed E-state index contributed by atoms with van der Waals surface area (Å²) >= 11 is 1.97. The predicted octanol–water partition coefficient (Wildman–Crippen LogP) is 2.64. The number of hydrogen-bond acceptors (Lipinski definition) is 3. The zero-order chi connectivity index (χ0) is 13.5. The van der Waals surface area contributed by atoms with E-state index in [-0.39, 0.29) is 18.1 Å². The summed E-state index contributed by atoms with van der Waals surface area (Å²) in [6.07, 6.45) is 3.79. The van der Waals surface area contributed by atoms with Gasteiger partial charge in [-0.1, -0.05) is 18.6 Å². The van der Waals surface area contributed by atoms with Gasteiger partial charge in [-0.2, -0.15) is 11.8 Å². The molecular formula is C14H19FN2OS. The standard InChI is InChI=1S/C14H19FN2OS/c15-12-6-1-2-7-13(12)17-14(18)10-16-9-11-5-3-4-8-19-11/h1-2,6-7,11,16H,3-5,8-10H2,(H,17,18). The maximum atomic E-state index is 13.3. The molecule has 104 valence electrons. The molecule has 1 saturated heterocycles. The molecule has 1 aliphatic heterocycles. The first-order valence-electron chi connectivity index (χ1n) is 6.62. The van der Waals surface area contributed by atoms with Crippen molar-refractivity contribution < 1.29 is 9.18 Å². The molecule has 1 aromatic rings. The van der Waals surface area contributed by atoms with Gasteiger partial charge < -0.3 is 10.6 Å². The molecular weight excluding hydrogens is 263 g/mol. The fourth-order valence-corrected chi connectivity index (χ4v) is 3.35. The first kappa shape index (κ1) is 14.3. The van der Waals surface area contributed by atoms with Crippen LogP contribution >= 0.6 is 11.8 Å². The Hall–Kier alpha value is -1.07. The van der Waals surface area contributed by atoms with Gasteiger partial charge in [-0.05, 0) is 30.7 Å². The molecule has 1 fully saturated rings. The lowest BCUT2D eigenvalue weighted by atomic mass is 10.2. The van der Waals surface area contributed by atoms with Crippen molar-refractivity contribution in [2.24, 2.45) is 0 Å². The summed E-state index contributed by atoms with van der Waals surface area (Å²) < 4.78 is 13.3. The van der Waals surface area contributed by atoms with E-state index in [9.17, 15) is 9.18 Å². The van der Waals surface area contributed by atoms with Crippen LogP contribution < -0.4 is 10.6 Å². The number of rotatable bonds is 5. The third kappa shape index (κ3) is 4.84. The van der Waals surface area contributed by atoms with Crippen molar-refractivity contribution in [1.82, 2.24) is 5.32 Å². The average molecular weight is 282 g/mol. The minimum absolute atomic E-state index is 0.203. The summed E-state index contributed by atoms with van der Waals surface area (Å²) in [5.41, 5.74) is 0.237. The van der Waals surface area contributed by atoms with Crippen LogP contribution in [0.3, 0.4) is 0 Å². The molecule has 1 amide bonds. The van der Waals surface area contributed by atoms with E-state index in [2.05, 4.69) is 10.6 Å². The van der Waals surface area contributed by atoms with Gasteiger partial charge in [0.1, 0.15) is 5.82 Å². The lowest BCUT2D eigenvalue weighted by Gasteiger charge is -2.21. The van der Waals surface area contributed by atoms with E-state index in [1.54, 1.807) is 18.2 Å². The Bertz CT molecular complexity index is 422. The van der Waals surface area contributed by atoms with Gasteiger partial charge in [-0.3, -0.25) is 4.79 Å². The summed E-state index contributed by atoms with van der Waals surface area (Å²) in [4.78, 5) is 11.7. The van der Waals surface area contributed by atoms with E-state index in [1.165, 1.54) is 31.1 Å². The van der Waals surface area contributed by atoms with Crippen molar-refractivity contribution in [1.29, 1.82) is 0 Å². The van der Waals surface area contributed by atoms with Gasteiger partial charge in [0.2, 0.25) is 5.91 Å². The van der Waals surface area contributed by atoms with Crippen LogP contribution in [0.2, 0.25) is 0 Å². The van der Waals surface area contributed by atoms with Crippen molar-refractivity contribution in [2.75, 3.05) is 24.2 Å². The smallest absolute Gasteiger partial charge is 0.238 e. The number of halogens is 1. The second-order valence-corrected chi connectivity index (χ2v) is 6.06. The monoisotopic (exact) mass is 282 g/mol. The quantitative estimate of drug-likeness (QED) is 0.872. The minimum atomic E-state index is -0.404. The molecule has 0 spiro atoms. The number of nitrogens with one attached hydrogen (secondary N) is 2. The highest BCUT2D eigenvalue weighted by Gasteiger charge is 2.14. The minimum Gasteiger partial charge on any atom is -0.322 e. The highest BCUT2D eigenvalue weighted by atomic mass is 32.2. The van der Waals surface area contributed by atoms with E-state index in [0.717, 1.165) is 6.54 Å². The van der Waals surface area contributed by atoms with Crippen LogP contribution in [0.1, 0.15) is 19.3 Å². The van der Waals surface area contributed by atoms with Crippen LogP contribution in [0.15, 0.2) is 24.3 Å².